The molecule has 1 saturated heterocycles. The van der Waals surface area contributed by atoms with Crippen LogP contribution in [0.5, 0.6) is 0 Å². The van der Waals surface area contributed by atoms with Crippen molar-refractivity contribution in [1.29, 1.82) is 0 Å². The number of anilines is 1. The van der Waals surface area contributed by atoms with E-state index < -0.39 is 0 Å². The van der Waals surface area contributed by atoms with Crippen molar-refractivity contribution in [2.45, 2.75) is 11.7 Å². The maximum absolute atomic E-state index is 11.5. The van der Waals surface area contributed by atoms with Gasteiger partial charge in [0, 0.05) is 19.8 Å². The summed E-state index contributed by atoms with van der Waals surface area (Å²) in [6.45, 7) is 0. The third-order valence-corrected chi connectivity index (χ3v) is 4.01. The number of carbonyl (C=O) groups excluding carboxylic acids is 1. The topological polar surface area (TPSA) is 32.3 Å². The molecule has 1 aromatic carbocycles. The van der Waals surface area contributed by atoms with Crippen LogP contribution in [-0.4, -0.2) is 29.6 Å². The summed E-state index contributed by atoms with van der Waals surface area (Å²) in [5, 5.41) is 2.59. The van der Waals surface area contributed by atoms with Crippen molar-refractivity contribution in [1.82, 2.24) is 5.32 Å². The first-order valence-electron chi connectivity index (χ1n) is 5.34. The van der Waals surface area contributed by atoms with Gasteiger partial charge in [0.15, 0.2) is 0 Å². The zero-order valence-corrected chi connectivity index (χ0v) is 11.4. The van der Waals surface area contributed by atoms with Crippen molar-refractivity contribution in [3.8, 4) is 0 Å². The number of carbonyl (C=O) groups is 1. The van der Waals surface area contributed by atoms with Crippen LogP contribution in [-0.2, 0) is 11.2 Å². The van der Waals surface area contributed by atoms with Crippen molar-refractivity contribution in [3.05, 3.63) is 29.8 Å². The Morgan fingerprint density at radius 2 is 2.00 bits per heavy atom. The molecule has 1 N–H and O–H groups in total. The van der Waals surface area contributed by atoms with Gasteiger partial charge in [-0.05, 0) is 24.1 Å². The Balaban J connectivity index is 2.04. The number of amides is 1. The van der Waals surface area contributed by atoms with E-state index in [-0.39, 0.29) is 11.2 Å². The van der Waals surface area contributed by atoms with Gasteiger partial charge in [0.2, 0.25) is 5.91 Å². The molecule has 2 rings (SSSR count). The van der Waals surface area contributed by atoms with Gasteiger partial charge >= 0.3 is 0 Å². The summed E-state index contributed by atoms with van der Waals surface area (Å²) in [6, 6.07) is 8.24. The molecule has 1 amide bonds. The summed E-state index contributed by atoms with van der Waals surface area (Å²) in [6.07, 6.45) is 0.727. The van der Waals surface area contributed by atoms with Crippen LogP contribution < -0.4 is 10.2 Å². The average molecular weight is 266 g/mol. The average Bonchev–Trinajstić information content (AvgIpc) is 2.58. The van der Waals surface area contributed by atoms with Crippen LogP contribution in [0.4, 0.5) is 5.69 Å². The summed E-state index contributed by atoms with van der Waals surface area (Å²) in [5.41, 5.74) is 2.32. The van der Waals surface area contributed by atoms with Crippen LogP contribution in [0.2, 0.25) is 0 Å². The summed E-state index contributed by atoms with van der Waals surface area (Å²) in [4.78, 5) is 13.6. The minimum Gasteiger partial charge on any atom is -0.378 e. The fourth-order valence-corrected chi connectivity index (χ4v) is 2.98. The van der Waals surface area contributed by atoms with Crippen LogP contribution >= 0.6 is 24.0 Å². The maximum Gasteiger partial charge on any atom is 0.239 e. The third-order valence-electron chi connectivity index (χ3n) is 2.64. The van der Waals surface area contributed by atoms with Gasteiger partial charge in [-0.3, -0.25) is 4.79 Å². The van der Waals surface area contributed by atoms with Gasteiger partial charge in [0.05, 0.1) is 5.25 Å². The normalized spacial score (nSPS) is 19.3. The van der Waals surface area contributed by atoms with Crippen molar-refractivity contribution >= 4 is 39.9 Å². The Hall–Kier alpha value is -1.07. The molecule has 1 fully saturated rings. The molecule has 1 unspecified atom stereocenters. The highest BCUT2D eigenvalue weighted by Crippen LogP contribution is 2.24. The Morgan fingerprint density at radius 3 is 2.47 bits per heavy atom. The molecule has 1 aliphatic heterocycles. The van der Waals surface area contributed by atoms with Crippen molar-refractivity contribution < 1.29 is 4.79 Å². The van der Waals surface area contributed by atoms with E-state index in [1.54, 1.807) is 0 Å². The van der Waals surface area contributed by atoms with Crippen molar-refractivity contribution in [2.24, 2.45) is 0 Å². The molecule has 5 heteroatoms. The molecule has 0 spiro atoms. The fraction of sp³-hybridized carbons (Fsp3) is 0.333. The first kappa shape index (κ1) is 12.4. The third kappa shape index (κ3) is 2.98. The fourth-order valence-electron chi connectivity index (χ4n) is 1.67. The zero-order valence-electron chi connectivity index (χ0n) is 9.77. The summed E-state index contributed by atoms with van der Waals surface area (Å²) >= 11 is 6.41. The van der Waals surface area contributed by atoms with E-state index in [0.29, 0.717) is 4.32 Å². The molecule has 1 heterocycles. The number of thioether (sulfide) groups is 1. The second-order valence-electron chi connectivity index (χ2n) is 4.15. The van der Waals surface area contributed by atoms with E-state index in [0.717, 1.165) is 17.7 Å². The highest BCUT2D eigenvalue weighted by atomic mass is 32.2. The quantitative estimate of drug-likeness (QED) is 0.846. The molecular weight excluding hydrogens is 252 g/mol. The molecule has 0 bridgehead atoms. The molecule has 3 nitrogen and oxygen atoms in total. The minimum atomic E-state index is -0.0762. The number of hydrogen-bond acceptors (Lipinski definition) is 4. The number of thiocarbonyl (C=S) groups is 1. The lowest BCUT2D eigenvalue weighted by atomic mass is 10.1. The minimum absolute atomic E-state index is 0.0247. The van der Waals surface area contributed by atoms with Gasteiger partial charge in [-0.15, -0.1) is 0 Å². The Kier molecular flexibility index (Phi) is 3.69. The monoisotopic (exact) mass is 266 g/mol. The molecule has 1 atom stereocenters. The predicted molar refractivity (Wildman–Crippen MR) is 76.6 cm³/mol. The van der Waals surface area contributed by atoms with E-state index >= 15 is 0 Å². The summed E-state index contributed by atoms with van der Waals surface area (Å²) in [7, 11) is 4.02. The number of nitrogens with one attached hydrogen (secondary N) is 1. The lowest BCUT2D eigenvalue weighted by Gasteiger charge is -2.13. The largest absolute Gasteiger partial charge is 0.378 e. The molecule has 90 valence electrons. The van der Waals surface area contributed by atoms with Gasteiger partial charge in [0.25, 0.3) is 0 Å². The van der Waals surface area contributed by atoms with E-state index in [9.17, 15) is 4.79 Å². The number of hydrogen-bond donors (Lipinski definition) is 1. The van der Waals surface area contributed by atoms with Crippen LogP contribution in [0.3, 0.4) is 0 Å². The van der Waals surface area contributed by atoms with Crippen LogP contribution in [0, 0.1) is 0 Å². The number of rotatable bonds is 3. The molecule has 0 aliphatic carbocycles. The SMILES string of the molecule is CN(C)c1ccc(CC2SC(=S)NC2=O)cc1. The van der Waals surface area contributed by atoms with Gasteiger partial charge in [0.1, 0.15) is 4.32 Å². The summed E-state index contributed by atoms with van der Waals surface area (Å²) < 4.78 is 0.588. The van der Waals surface area contributed by atoms with Gasteiger partial charge in [-0.1, -0.05) is 36.1 Å². The lowest BCUT2D eigenvalue weighted by Crippen LogP contribution is -2.25. The van der Waals surface area contributed by atoms with Crippen molar-refractivity contribution in [3.63, 3.8) is 0 Å². The maximum atomic E-state index is 11.5. The van der Waals surface area contributed by atoms with Gasteiger partial charge < -0.3 is 10.2 Å². The van der Waals surface area contributed by atoms with E-state index in [1.807, 2.05) is 14.1 Å². The Labute approximate surface area is 111 Å². The van der Waals surface area contributed by atoms with Crippen LogP contribution in [0.15, 0.2) is 24.3 Å². The number of nitrogens with zero attached hydrogens (tertiary/aromatic N) is 1. The molecule has 0 aromatic heterocycles. The standard InChI is InChI=1S/C12H14N2OS2/c1-14(2)9-5-3-8(4-6-9)7-10-11(15)13-12(16)17-10/h3-6,10H,7H2,1-2H3,(H,13,15,16). The number of benzene rings is 1. The van der Waals surface area contributed by atoms with Gasteiger partial charge in [-0.2, -0.15) is 0 Å². The lowest BCUT2D eigenvalue weighted by molar-refractivity contribution is -0.118. The van der Waals surface area contributed by atoms with Crippen LogP contribution in [0.25, 0.3) is 0 Å². The van der Waals surface area contributed by atoms with E-state index in [1.165, 1.54) is 11.8 Å². The predicted octanol–water partition coefficient (Wildman–Crippen LogP) is 1.81. The first-order valence-corrected chi connectivity index (χ1v) is 6.63. The van der Waals surface area contributed by atoms with E-state index in [4.69, 9.17) is 12.2 Å². The second kappa shape index (κ2) is 5.06. The van der Waals surface area contributed by atoms with Crippen LogP contribution in [0.1, 0.15) is 5.56 Å². The molecule has 1 aromatic rings. The second-order valence-corrected chi connectivity index (χ2v) is 6.03. The molecule has 0 radical (unpaired) electrons. The zero-order chi connectivity index (χ0) is 12.4. The highest BCUT2D eigenvalue weighted by molar-refractivity contribution is 8.24. The smallest absolute Gasteiger partial charge is 0.239 e. The Morgan fingerprint density at radius 1 is 1.35 bits per heavy atom. The molecular formula is C12H14N2OS2. The Bertz CT molecular complexity index is 442. The highest BCUT2D eigenvalue weighted by Gasteiger charge is 2.28. The molecule has 1 aliphatic rings. The van der Waals surface area contributed by atoms with Crippen molar-refractivity contribution in [2.75, 3.05) is 19.0 Å². The first-order chi connectivity index (χ1) is 8.06. The molecule has 0 saturated carbocycles. The molecule has 17 heavy (non-hydrogen) atoms. The van der Waals surface area contributed by atoms with Gasteiger partial charge in [-0.25, -0.2) is 0 Å². The summed E-state index contributed by atoms with van der Waals surface area (Å²) in [5.74, 6) is 0.0247. The van der Waals surface area contributed by atoms with E-state index in [2.05, 4.69) is 34.5 Å².